The van der Waals surface area contributed by atoms with Crippen LogP contribution in [0.25, 0.3) is 0 Å². The number of thiophene rings is 1. The van der Waals surface area contributed by atoms with Crippen LogP contribution in [0.5, 0.6) is 0 Å². The third-order valence-electron chi connectivity index (χ3n) is 2.98. The minimum absolute atomic E-state index is 0.167. The third-order valence-corrected chi connectivity index (χ3v) is 3.66. The molecule has 1 aromatic heterocycles. The van der Waals surface area contributed by atoms with Gasteiger partial charge in [-0.15, -0.1) is 0 Å². The minimum Gasteiger partial charge on any atom is -0.384 e. The van der Waals surface area contributed by atoms with Crippen LogP contribution in [0.2, 0.25) is 0 Å². The van der Waals surface area contributed by atoms with Crippen molar-refractivity contribution in [1.82, 2.24) is 5.32 Å². The molecule has 1 aromatic carbocycles. The first-order valence-electron chi connectivity index (χ1n) is 6.24. The van der Waals surface area contributed by atoms with Crippen molar-refractivity contribution in [3.63, 3.8) is 0 Å². The van der Waals surface area contributed by atoms with Crippen LogP contribution in [-0.2, 0) is 5.60 Å². The van der Waals surface area contributed by atoms with Crippen LogP contribution in [0, 0.1) is 17.5 Å². The zero-order valence-corrected chi connectivity index (χ0v) is 12.3. The van der Waals surface area contributed by atoms with Gasteiger partial charge in [-0.05, 0) is 29.3 Å². The van der Waals surface area contributed by atoms with E-state index in [2.05, 4.69) is 5.32 Å². The van der Waals surface area contributed by atoms with E-state index in [-0.39, 0.29) is 6.54 Å². The van der Waals surface area contributed by atoms with E-state index in [0.717, 1.165) is 0 Å². The first-order chi connectivity index (χ1) is 10.3. The summed E-state index contributed by atoms with van der Waals surface area (Å²) in [7, 11) is 0. The second-order valence-corrected chi connectivity index (χ2v) is 5.62. The smallest absolute Gasteiger partial charge is 0.319 e. The monoisotopic (exact) mass is 330 g/mol. The molecule has 118 valence electrons. The molecule has 0 aliphatic heterocycles. The molecule has 2 rings (SSSR count). The van der Waals surface area contributed by atoms with Crippen LogP contribution < -0.4 is 10.6 Å². The number of hydrogen-bond donors (Lipinski definition) is 3. The Morgan fingerprint density at radius 3 is 2.50 bits per heavy atom. The van der Waals surface area contributed by atoms with Gasteiger partial charge < -0.3 is 15.7 Å². The molecule has 0 aliphatic rings. The number of carbonyl (C=O) groups is 1. The second-order valence-electron chi connectivity index (χ2n) is 4.84. The number of urea groups is 1. The van der Waals surface area contributed by atoms with Crippen molar-refractivity contribution in [2.24, 2.45) is 0 Å². The summed E-state index contributed by atoms with van der Waals surface area (Å²) in [6, 6.07) is 1.70. The van der Waals surface area contributed by atoms with Gasteiger partial charge in [0.25, 0.3) is 0 Å². The van der Waals surface area contributed by atoms with E-state index in [1.807, 2.05) is 5.32 Å². The molecule has 2 aromatic rings. The standard InChI is InChI=1S/C14H13F3N2O2S/c1-14(21,8-2-3-22-6-8)7-18-13(20)19-12-10(16)4-9(15)5-11(12)17/h2-6,21H,7H2,1H3,(H2,18,19,20). The number of rotatable bonds is 4. The summed E-state index contributed by atoms with van der Waals surface area (Å²) in [5.74, 6) is -3.53. The largest absolute Gasteiger partial charge is 0.384 e. The van der Waals surface area contributed by atoms with Crippen LogP contribution in [0.4, 0.5) is 23.7 Å². The fourth-order valence-corrected chi connectivity index (χ4v) is 2.53. The highest BCUT2D eigenvalue weighted by Crippen LogP contribution is 2.23. The summed E-state index contributed by atoms with van der Waals surface area (Å²) in [5.41, 5.74) is -1.47. The van der Waals surface area contributed by atoms with Gasteiger partial charge in [0.15, 0.2) is 11.6 Å². The van der Waals surface area contributed by atoms with Crippen LogP contribution in [0.3, 0.4) is 0 Å². The quantitative estimate of drug-likeness (QED) is 0.806. The summed E-state index contributed by atoms with van der Waals surface area (Å²) in [4.78, 5) is 11.7. The summed E-state index contributed by atoms with van der Waals surface area (Å²) >= 11 is 1.39. The normalized spacial score (nSPS) is 13.5. The molecule has 4 nitrogen and oxygen atoms in total. The van der Waals surface area contributed by atoms with Gasteiger partial charge in [-0.2, -0.15) is 11.3 Å². The van der Waals surface area contributed by atoms with Crippen molar-refractivity contribution in [3.05, 3.63) is 52.0 Å². The van der Waals surface area contributed by atoms with Gasteiger partial charge in [-0.1, -0.05) is 0 Å². The van der Waals surface area contributed by atoms with Gasteiger partial charge in [0, 0.05) is 12.1 Å². The average Bonchev–Trinajstić information content (AvgIpc) is 2.95. The Morgan fingerprint density at radius 2 is 1.95 bits per heavy atom. The Kier molecular flexibility index (Phi) is 4.72. The van der Waals surface area contributed by atoms with Crippen molar-refractivity contribution >= 4 is 23.1 Å². The number of benzene rings is 1. The van der Waals surface area contributed by atoms with Crippen molar-refractivity contribution < 1.29 is 23.1 Å². The van der Waals surface area contributed by atoms with Gasteiger partial charge in [0.2, 0.25) is 0 Å². The summed E-state index contributed by atoms with van der Waals surface area (Å²) in [5, 5.41) is 17.9. The summed E-state index contributed by atoms with van der Waals surface area (Å²) in [6.07, 6.45) is 0. The number of carbonyl (C=O) groups excluding carboxylic acids is 1. The van der Waals surface area contributed by atoms with Crippen molar-refractivity contribution in [2.75, 3.05) is 11.9 Å². The molecule has 0 fully saturated rings. The maximum Gasteiger partial charge on any atom is 0.319 e. The Hall–Kier alpha value is -2.06. The van der Waals surface area contributed by atoms with Gasteiger partial charge >= 0.3 is 6.03 Å². The van der Waals surface area contributed by atoms with Crippen LogP contribution in [0.15, 0.2) is 29.0 Å². The van der Waals surface area contributed by atoms with Gasteiger partial charge in [-0.25, -0.2) is 18.0 Å². The maximum absolute atomic E-state index is 13.4. The summed E-state index contributed by atoms with van der Waals surface area (Å²) in [6.45, 7) is 1.33. The molecule has 2 amide bonds. The number of nitrogens with one attached hydrogen (secondary N) is 2. The van der Waals surface area contributed by atoms with Gasteiger partial charge in [0.1, 0.15) is 17.1 Å². The van der Waals surface area contributed by atoms with E-state index in [1.54, 1.807) is 16.8 Å². The predicted molar refractivity (Wildman–Crippen MR) is 77.2 cm³/mol. The van der Waals surface area contributed by atoms with E-state index >= 15 is 0 Å². The number of anilines is 1. The summed E-state index contributed by atoms with van der Waals surface area (Å²) < 4.78 is 39.6. The van der Waals surface area contributed by atoms with Crippen molar-refractivity contribution in [2.45, 2.75) is 12.5 Å². The lowest BCUT2D eigenvalue weighted by Gasteiger charge is -2.23. The average molecular weight is 330 g/mol. The SMILES string of the molecule is CC(O)(CNC(=O)Nc1c(F)cc(F)cc1F)c1ccsc1. The highest BCUT2D eigenvalue weighted by Gasteiger charge is 2.24. The lowest BCUT2D eigenvalue weighted by Crippen LogP contribution is -2.40. The first-order valence-corrected chi connectivity index (χ1v) is 7.18. The molecule has 0 radical (unpaired) electrons. The molecule has 1 heterocycles. The van der Waals surface area contributed by atoms with Crippen molar-refractivity contribution in [3.8, 4) is 0 Å². The number of amides is 2. The minimum atomic E-state index is -1.32. The van der Waals surface area contributed by atoms with E-state index < -0.39 is 34.8 Å². The number of halogens is 3. The molecule has 0 bridgehead atoms. The lowest BCUT2D eigenvalue weighted by atomic mass is 9.99. The molecule has 0 spiro atoms. The molecule has 0 saturated carbocycles. The highest BCUT2D eigenvalue weighted by molar-refractivity contribution is 7.08. The topological polar surface area (TPSA) is 61.4 Å². The Labute approximate surface area is 128 Å². The second kappa shape index (κ2) is 6.37. The molecule has 8 heteroatoms. The number of aliphatic hydroxyl groups is 1. The third kappa shape index (κ3) is 3.77. The van der Waals surface area contributed by atoms with Crippen molar-refractivity contribution in [1.29, 1.82) is 0 Å². The first kappa shape index (κ1) is 16.3. The molecular formula is C14H13F3N2O2S. The Balaban J connectivity index is 2.00. The van der Waals surface area contributed by atoms with Crippen LogP contribution in [-0.4, -0.2) is 17.7 Å². The fourth-order valence-electron chi connectivity index (χ4n) is 1.74. The van der Waals surface area contributed by atoms with Gasteiger partial charge in [0.05, 0.1) is 6.54 Å². The molecule has 3 N–H and O–H groups in total. The van der Waals surface area contributed by atoms with Crippen LogP contribution >= 0.6 is 11.3 Å². The Bertz CT molecular complexity index is 652. The van der Waals surface area contributed by atoms with E-state index in [4.69, 9.17) is 0 Å². The number of hydrogen-bond acceptors (Lipinski definition) is 3. The molecule has 1 atom stereocenters. The lowest BCUT2D eigenvalue weighted by molar-refractivity contribution is 0.0604. The fraction of sp³-hybridized carbons (Fsp3) is 0.214. The van der Waals surface area contributed by atoms with E-state index in [1.165, 1.54) is 18.3 Å². The molecule has 1 unspecified atom stereocenters. The van der Waals surface area contributed by atoms with E-state index in [0.29, 0.717) is 17.7 Å². The molecule has 0 aliphatic carbocycles. The predicted octanol–water partition coefficient (Wildman–Crippen LogP) is 3.19. The highest BCUT2D eigenvalue weighted by atomic mass is 32.1. The molecule has 22 heavy (non-hydrogen) atoms. The molecule has 0 saturated heterocycles. The van der Waals surface area contributed by atoms with E-state index in [9.17, 15) is 23.1 Å². The molecular weight excluding hydrogens is 317 g/mol. The zero-order valence-electron chi connectivity index (χ0n) is 11.5. The zero-order chi connectivity index (χ0) is 16.3. The maximum atomic E-state index is 13.4. The van der Waals surface area contributed by atoms with Gasteiger partial charge in [-0.3, -0.25) is 0 Å². The van der Waals surface area contributed by atoms with Crippen LogP contribution in [0.1, 0.15) is 12.5 Å². The Morgan fingerprint density at radius 1 is 1.32 bits per heavy atom.